The summed E-state index contributed by atoms with van der Waals surface area (Å²) in [4.78, 5) is 12.5. The van der Waals surface area contributed by atoms with Crippen molar-refractivity contribution in [2.75, 3.05) is 33.8 Å². The molecule has 280 valence electrons. The molecule has 1 saturated heterocycles. The van der Waals surface area contributed by atoms with Crippen molar-refractivity contribution in [1.29, 1.82) is 0 Å². The number of rotatable bonds is 33. The van der Waals surface area contributed by atoms with Gasteiger partial charge in [-0.2, -0.15) is 0 Å². The summed E-state index contributed by atoms with van der Waals surface area (Å²) in [5.74, 6) is -0.318. The maximum Gasteiger partial charge on any atom is 0.478 e. The molecule has 1 rings (SSSR count). The molecule has 0 bridgehead atoms. The van der Waals surface area contributed by atoms with Crippen LogP contribution in [0.25, 0.3) is 0 Å². The molecule has 0 radical (unpaired) electrons. The third kappa shape index (κ3) is 27.0. The molecular formula is C39H79NO6P+. The first-order valence-electron chi connectivity index (χ1n) is 20.3. The van der Waals surface area contributed by atoms with Gasteiger partial charge in [0.15, 0.2) is 0 Å². The summed E-state index contributed by atoms with van der Waals surface area (Å²) in [6.07, 6.45) is 32.3. The Morgan fingerprint density at radius 2 is 1.02 bits per heavy atom. The topological polar surface area (TPSA) is 71.1 Å². The Labute approximate surface area is 292 Å². The normalized spacial score (nSPS) is 17.0. The van der Waals surface area contributed by atoms with Crippen LogP contribution in [0, 0.1) is 0 Å². The number of hydrogen-bond donors (Lipinski definition) is 0. The van der Waals surface area contributed by atoms with E-state index in [9.17, 15) is 9.36 Å². The van der Waals surface area contributed by atoms with Crippen molar-refractivity contribution in [3.63, 3.8) is 0 Å². The molecule has 2 unspecified atom stereocenters. The van der Waals surface area contributed by atoms with Crippen molar-refractivity contribution in [2.45, 2.75) is 213 Å². The highest BCUT2D eigenvalue weighted by atomic mass is 31.2. The van der Waals surface area contributed by atoms with Crippen molar-refractivity contribution in [3.05, 3.63) is 0 Å². The zero-order chi connectivity index (χ0) is 34.5. The van der Waals surface area contributed by atoms with Gasteiger partial charge in [-0.3, -0.25) is 13.8 Å². The minimum Gasteiger partial charge on any atom is -0.435 e. The molecule has 8 heteroatoms. The molecule has 1 aliphatic heterocycles. The molecule has 0 N–H and O–H groups in total. The van der Waals surface area contributed by atoms with Crippen LogP contribution in [0.1, 0.15) is 201 Å². The Bertz CT molecular complexity index is 769. The summed E-state index contributed by atoms with van der Waals surface area (Å²) in [6, 6.07) is 0. The third-order valence-electron chi connectivity index (χ3n) is 9.70. The zero-order valence-corrected chi connectivity index (χ0v) is 32.8. The van der Waals surface area contributed by atoms with E-state index in [0.717, 1.165) is 68.9 Å². The summed E-state index contributed by atoms with van der Waals surface area (Å²) in [5.41, 5.74) is 0. The lowest BCUT2D eigenvalue weighted by Gasteiger charge is -2.37. The maximum absolute atomic E-state index is 13.8. The minimum atomic E-state index is -3.87. The van der Waals surface area contributed by atoms with E-state index in [4.69, 9.17) is 18.3 Å². The SMILES string of the molecule is CCCCCCCCCCCCCCCCCCOP(=O)(OC1CC[N+](C)(C)CC1)OC(C)OC(=O)CCCCCCCCCCC. The fourth-order valence-corrected chi connectivity index (χ4v) is 7.98. The first-order chi connectivity index (χ1) is 22.7. The average molecular weight is 689 g/mol. The molecule has 1 heterocycles. The Morgan fingerprint density at radius 1 is 0.638 bits per heavy atom. The second kappa shape index (κ2) is 29.3. The quantitative estimate of drug-likeness (QED) is 0.0225. The predicted molar refractivity (Wildman–Crippen MR) is 198 cm³/mol. The standard InChI is InChI=1S/C39H79NO6P/c1-6-8-10-12-14-16-17-18-19-20-21-22-24-26-28-30-36-43-47(42,46-38-32-34-40(4,5)35-33-38)45-37(3)44-39(41)31-29-27-25-23-15-13-11-9-7-2/h37-38H,6-36H2,1-5H3/q+1. The number of hydrogen-bond acceptors (Lipinski definition) is 6. The van der Waals surface area contributed by atoms with Crippen LogP contribution in [0.4, 0.5) is 0 Å². The van der Waals surface area contributed by atoms with Gasteiger partial charge in [-0.1, -0.05) is 162 Å². The number of phosphoric ester groups is 1. The van der Waals surface area contributed by atoms with Gasteiger partial charge in [-0.25, -0.2) is 9.09 Å². The number of esters is 1. The summed E-state index contributed by atoms with van der Waals surface area (Å²) < 4.78 is 37.8. The molecule has 0 amide bonds. The van der Waals surface area contributed by atoms with E-state index < -0.39 is 14.1 Å². The second-order valence-electron chi connectivity index (χ2n) is 15.0. The number of carbonyl (C=O) groups is 1. The smallest absolute Gasteiger partial charge is 0.435 e. The average Bonchev–Trinajstić information content (AvgIpc) is 3.02. The summed E-state index contributed by atoms with van der Waals surface area (Å²) in [7, 11) is 0.539. The number of unbranched alkanes of at least 4 members (excludes halogenated alkanes) is 23. The third-order valence-corrected chi connectivity index (χ3v) is 11.3. The van der Waals surface area contributed by atoms with E-state index in [1.165, 1.54) is 122 Å². The van der Waals surface area contributed by atoms with Crippen molar-refractivity contribution >= 4 is 13.8 Å². The molecule has 7 nitrogen and oxygen atoms in total. The number of phosphoric acid groups is 1. The van der Waals surface area contributed by atoms with Crippen molar-refractivity contribution in [1.82, 2.24) is 0 Å². The first kappa shape index (κ1) is 44.6. The first-order valence-corrected chi connectivity index (χ1v) is 21.8. The van der Waals surface area contributed by atoms with Gasteiger partial charge >= 0.3 is 13.8 Å². The fourth-order valence-electron chi connectivity index (χ4n) is 6.47. The van der Waals surface area contributed by atoms with Gasteiger partial charge in [-0.15, -0.1) is 0 Å². The number of likely N-dealkylation sites (tertiary alicyclic amines) is 1. The molecule has 0 aromatic carbocycles. The molecule has 2 atom stereocenters. The van der Waals surface area contributed by atoms with E-state index in [2.05, 4.69) is 27.9 Å². The Balaban J connectivity index is 2.26. The van der Waals surface area contributed by atoms with Gasteiger partial charge < -0.3 is 9.22 Å². The van der Waals surface area contributed by atoms with Gasteiger partial charge in [-0.05, 0) is 19.8 Å². The largest absolute Gasteiger partial charge is 0.478 e. The van der Waals surface area contributed by atoms with Crippen LogP contribution in [-0.4, -0.2) is 56.6 Å². The van der Waals surface area contributed by atoms with Gasteiger partial charge in [0.1, 0.15) is 0 Å². The molecule has 0 spiro atoms. The van der Waals surface area contributed by atoms with Crippen LogP contribution in [0.2, 0.25) is 0 Å². The van der Waals surface area contributed by atoms with Crippen LogP contribution in [0.15, 0.2) is 0 Å². The van der Waals surface area contributed by atoms with E-state index in [0.29, 0.717) is 13.0 Å². The highest BCUT2D eigenvalue weighted by molar-refractivity contribution is 7.48. The fraction of sp³-hybridized carbons (Fsp3) is 0.974. The predicted octanol–water partition coefficient (Wildman–Crippen LogP) is 12.5. The minimum absolute atomic E-state index is 0.178. The van der Waals surface area contributed by atoms with Gasteiger partial charge in [0.2, 0.25) is 6.29 Å². The van der Waals surface area contributed by atoms with Gasteiger partial charge in [0.05, 0.1) is 39.9 Å². The molecule has 0 aliphatic carbocycles. The van der Waals surface area contributed by atoms with E-state index in [1.807, 2.05) is 0 Å². The van der Waals surface area contributed by atoms with E-state index in [-0.39, 0.29) is 12.1 Å². The molecule has 1 fully saturated rings. The summed E-state index contributed by atoms with van der Waals surface area (Å²) in [6.45, 7) is 8.36. The second-order valence-corrected chi connectivity index (χ2v) is 16.6. The van der Waals surface area contributed by atoms with Crippen molar-refractivity contribution in [2.24, 2.45) is 0 Å². The van der Waals surface area contributed by atoms with E-state index in [1.54, 1.807) is 6.92 Å². The molecule has 1 aliphatic rings. The lowest BCUT2D eigenvalue weighted by Crippen LogP contribution is -2.47. The van der Waals surface area contributed by atoms with Crippen LogP contribution in [0.5, 0.6) is 0 Å². The van der Waals surface area contributed by atoms with Gasteiger partial charge in [0.25, 0.3) is 0 Å². The van der Waals surface area contributed by atoms with Crippen LogP contribution in [-0.2, 0) is 27.7 Å². The molecule has 0 aromatic rings. The van der Waals surface area contributed by atoms with Crippen LogP contribution in [0.3, 0.4) is 0 Å². The number of carbonyl (C=O) groups excluding carboxylic acids is 1. The number of ether oxygens (including phenoxy) is 1. The maximum atomic E-state index is 13.8. The lowest BCUT2D eigenvalue weighted by molar-refractivity contribution is -0.896. The van der Waals surface area contributed by atoms with Crippen LogP contribution >= 0.6 is 7.82 Å². The highest BCUT2D eigenvalue weighted by Crippen LogP contribution is 2.53. The van der Waals surface area contributed by atoms with Crippen LogP contribution < -0.4 is 0 Å². The van der Waals surface area contributed by atoms with E-state index >= 15 is 0 Å². The Morgan fingerprint density at radius 3 is 1.45 bits per heavy atom. The molecule has 0 saturated carbocycles. The lowest BCUT2D eigenvalue weighted by atomic mass is 10.0. The monoisotopic (exact) mass is 689 g/mol. The highest BCUT2D eigenvalue weighted by Gasteiger charge is 2.37. The Hall–Kier alpha value is -0.460. The molecule has 0 aromatic heterocycles. The zero-order valence-electron chi connectivity index (χ0n) is 31.9. The molecule has 47 heavy (non-hydrogen) atoms. The van der Waals surface area contributed by atoms with Gasteiger partial charge in [0, 0.05) is 19.3 Å². The summed E-state index contributed by atoms with van der Waals surface area (Å²) >= 11 is 0. The Kier molecular flexibility index (Phi) is 27.8. The van der Waals surface area contributed by atoms with Crippen molar-refractivity contribution < 1.29 is 32.2 Å². The van der Waals surface area contributed by atoms with Crippen molar-refractivity contribution in [3.8, 4) is 0 Å². The molecular weight excluding hydrogens is 609 g/mol. The number of quaternary nitrogens is 1. The summed E-state index contributed by atoms with van der Waals surface area (Å²) in [5, 5.41) is 0. The number of piperidine rings is 1. The number of nitrogens with zero attached hydrogens (tertiary/aromatic N) is 1.